The normalized spacial score (nSPS) is 15.2. The van der Waals surface area contributed by atoms with Gasteiger partial charge in [0, 0.05) is 16.5 Å². The summed E-state index contributed by atoms with van der Waals surface area (Å²) in [6, 6.07) is 9.22. The molecule has 1 saturated heterocycles. The van der Waals surface area contributed by atoms with Crippen LogP contribution < -0.4 is 0 Å². The first-order chi connectivity index (χ1) is 9.22. The number of benzene rings is 1. The highest BCUT2D eigenvalue weighted by Gasteiger charge is 2.19. The number of aromatic nitrogens is 1. The van der Waals surface area contributed by atoms with E-state index in [0.29, 0.717) is 10.9 Å². The van der Waals surface area contributed by atoms with E-state index in [1.165, 1.54) is 11.0 Å². The second-order valence-electron chi connectivity index (χ2n) is 4.18. The number of hydrogen-bond donors (Lipinski definition) is 1. The molecule has 6 heteroatoms. The lowest BCUT2D eigenvalue weighted by molar-refractivity contribution is 0.0455. The number of aromatic carboxylic acids is 1. The Labute approximate surface area is 113 Å². The molecule has 1 aromatic heterocycles. The number of nitrogens with zero attached hydrogens (tertiary/aromatic N) is 1. The Kier molecular flexibility index (Phi) is 3.27. The van der Waals surface area contributed by atoms with Crippen LogP contribution in [0.4, 0.5) is 0 Å². The highest BCUT2D eigenvalue weighted by molar-refractivity contribution is 8.00. The zero-order valence-corrected chi connectivity index (χ0v) is 10.7. The van der Waals surface area contributed by atoms with Crippen LogP contribution in [0.1, 0.15) is 10.6 Å². The van der Waals surface area contributed by atoms with Crippen LogP contribution in [0.2, 0.25) is 0 Å². The smallest absolute Gasteiger partial charge is 0.374 e. The van der Waals surface area contributed by atoms with Crippen LogP contribution in [0, 0.1) is 0 Å². The fourth-order valence-corrected chi connectivity index (χ4v) is 2.70. The summed E-state index contributed by atoms with van der Waals surface area (Å²) < 4.78 is 9.86. The summed E-state index contributed by atoms with van der Waals surface area (Å²) in [6.45, 7) is 1.61. The molecular formula is C13H11NO4S. The van der Waals surface area contributed by atoms with Crippen LogP contribution in [0.25, 0.3) is 11.3 Å². The van der Waals surface area contributed by atoms with Gasteiger partial charge in [-0.25, -0.2) is 4.79 Å². The van der Waals surface area contributed by atoms with Gasteiger partial charge in [0.05, 0.1) is 18.5 Å². The molecule has 1 aliphatic heterocycles. The van der Waals surface area contributed by atoms with Crippen LogP contribution in [0.5, 0.6) is 0 Å². The predicted molar refractivity (Wildman–Crippen MR) is 69.4 cm³/mol. The summed E-state index contributed by atoms with van der Waals surface area (Å²) in [6.07, 6.45) is 0. The van der Waals surface area contributed by atoms with Crippen molar-refractivity contribution in [2.75, 3.05) is 13.2 Å². The van der Waals surface area contributed by atoms with Gasteiger partial charge in [-0.15, -0.1) is 11.8 Å². The molecule has 98 valence electrons. The largest absolute Gasteiger partial charge is 0.475 e. The number of thioether (sulfide) groups is 1. The van der Waals surface area contributed by atoms with Crippen molar-refractivity contribution < 1.29 is 19.2 Å². The summed E-state index contributed by atoms with van der Waals surface area (Å²) >= 11 is 1.78. The minimum Gasteiger partial charge on any atom is -0.475 e. The molecular weight excluding hydrogens is 266 g/mol. The summed E-state index contributed by atoms with van der Waals surface area (Å²) in [5.41, 5.74) is 1.37. The highest BCUT2D eigenvalue weighted by Crippen LogP contribution is 2.29. The first-order valence-corrected chi connectivity index (χ1v) is 6.65. The molecule has 0 atom stereocenters. The average molecular weight is 277 g/mol. The summed E-state index contributed by atoms with van der Waals surface area (Å²) in [5, 5.41) is 13.1. The lowest BCUT2D eigenvalue weighted by Crippen LogP contribution is -2.29. The van der Waals surface area contributed by atoms with E-state index in [4.69, 9.17) is 14.4 Å². The van der Waals surface area contributed by atoms with E-state index in [1.54, 1.807) is 11.8 Å². The number of carboxylic acid groups (broad SMARTS) is 1. The van der Waals surface area contributed by atoms with E-state index in [9.17, 15) is 4.79 Å². The number of carboxylic acids is 1. The third kappa shape index (κ3) is 2.64. The highest BCUT2D eigenvalue weighted by atomic mass is 32.2. The summed E-state index contributed by atoms with van der Waals surface area (Å²) in [5.74, 6) is -1.27. The molecule has 0 amide bonds. The molecule has 0 spiro atoms. The van der Waals surface area contributed by atoms with Crippen molar-refractivity contribution >= 4 is 17.7 Å². The number of rotatable bonds is 4. The van der Waals surface area contributed by atoms with E-state index < -0.39 is 5.97 Å². The minimum absolute atomic E-state index is 0.153. The molecule has 3 rings (SSSR count). The van der Waals surface area contributed by atoms with Crippen molar-refractivity contribution in [3.63, 3.8) is 0 Å². The van der Waals surface area contributed by atoms with E-state index >= 15 is 0 Å². The lowest BCUT2D eigenvalue weighted by atomic mass is 10.1. The number of ether oxygens (including phenoxy) is 1. The van der Waals surface area contributed by atoms with Crippen molar-refractivity contribution in [2.24, 2.45) is 0 Å². The van der Waals surface area contributed by atoms with E-state index in [0.717, 1.165) is 18.8 Å². The van der Waals surface area contributed by atoms with Gasteiger partial charge < -0.3 is 14.4 Å². The number of carbonyl (C=O) groups is 1. The van der Waals surface area contributed by atoms with E-state index in [2.05, 4.69) is 5.16 Å². The van der Waals surface area contributed by atoms with Gasteiger partial charge in [0.1, 0.15) is 5.69 Å². The Morgan fingerprint density at radius 2 is 2.05 bits per heavy atom. The minimum atomic E-state index is -1.11. The monoisotopic (exact) mass is 277 g/mol. The molecule has 1 aliphatic rings. The second kappa shape index (κ2) is 5.07. The maximum Gasteiger partial charge on any atom is 0.374 e. The van der Waals surface area contributed by atoms with E-state index in [1.807, 2.05) is 24.3 Å². The van der Waals surface area contributed by atoms with Crippen LogP contribution in [-0.4, -0.2) is 34.7 Å². The van der Waals surface area contributed by atoms with Crippen molar-refractivity contribution in [3.05, 3.63) is 36.1 Å². The fourth-order valence-electron chi connectivity index (χ4n) is 1.69. The maximum atomic E-state index is 10.7. The molecule has 19 heavy (non-hydrogen) atoms. The predicted octanol–water partition coefficient (Wildman–Crippen LogP) is 2.53. The molecule has 5 nitrogen and oxygen atoms in total. The van der Waals surface area contributed by atoms with Gasteiger partial charge in [0.2, 0.25) is 5.76 Å². The summed E-state index contributed by atoms with van der Waals surface area (Å²) in [7, 11) is 0. The molecule has 1 aromatic carbocycles. The van der Waals surface area contributed by atoms with Gasteiger partial charge in [0.25, 0.3) is 0 Å². The zero-order chi connectivity index (χ0) is 13.2. The van der Waals surface area contributed by atoms with Gasteiger partial charge >= 0.3 is 5.97 Å². The van der Waals surface area contributed by atoms with Crippen molar-refractivity contribution in [1.29, 1.82) is 0 Å². The molecule has 0 aliphatic carbocycles. The first-order valence-electron chi connectivity index (χ1n) is 5.77. The van der Waals surface area contributed by atoms with Crippen molar-refractivity contribution in [3.8, 4) is 11.3 Å². The van der Waals surface area contributed by atoms with Gasteiger partial charge in [-0.3, -0.25) is 0 Å². The third-order valence-electron chi connectivity index (χ3n) is 2.78. The van der Waals surface area contributed by atoms with Gasteiger partial charge in [0.15, 0.2) is 0 Å². The molecule has 1 N–H and O–H groups in total. The van der Waals surface area contributed by atoms with Crippen LogP contribution in [0.15, 0.2) is 39.8 Å². The van der Waals surface area contributed by atoms with Crippen LogP contribution in [-0.2, 0) is 4.74 Å². The standard InChI is InChI=1S/C13H11NO4S/c15-13(16)12-5-11(14-18-12)8-1-3-9(4-2-8)19-10-6-17-7-10/h1-5,10H,6-7H2,(H,15,16). The van der Waals surface area contributed by atoms with E-state index in [-0.39, 0.29) is 5.76 Å². The Morgan fingerprint density at radius 1 is 1.32 bits per heavy atom. The molecule has 0 unspecified atom stereocenters. The molecule has 2 heterocycles. The molecule has 2 aromatic rings. The quantitative estimate of drug-likeness (QED) is 0.925. The Hall–Kier alpha value is -1.79. The average Bonchev–Trinajstić information content (AvgIpc) is 2.84. The van der Waals surface area contributed by atoms with Crippen molar-refractivity contribution in [2.45, 2.75) is 10.1 Å². The Balaban J connectivity index is 1.75. The van der Waals surface area contributed by atoms with Crippen LogP contribution >= 0.6 is 11.8 Å². The number of hydrogen-bond acceptors (Lipinski definition) is 5. The Morgan fingerprint density at radius 3 is 2.58 bits per heavy atom. The van der Waals surface area contributed by atoms with Gasteiger partial charge in [-0.05, 0) is 12.1 Å². The van der Waals surface area contributed by atoms with Crippen LogP contribution in [0.3, 0.4) is 0 Å². The SMILES string of the molecule is O=C(O)c1cc(-c2ccc(SC3COC3)cc2)no1. The lowest BCUT2D eigenvalue weighted by Gasteiger charge is -2.25. The third-order valence-corrected chi connectivity index (χ3v) is 3.93. The molecule has 0 radical (unpaired) electrons. The second-order valence-corrected chi connectivity index (χ2v) is 5.56. The maximum absolute atomic E-state index is 10.7. The molecule has 0 bridgehead atoms. The molecule has 0 saturated carbocycles. The summed E-state index contributed by atoms with van der Waals surface area (Å²) in [4.78, 5) is 11.9. The van der Waals surface area contributed by atoms with Crippen molar-refractivity contribution in [1.82, 2.24) is 5.16 Å². The first kappa shape index (κ1) is 12.3. The fraction of sp³-hybridized carbons (Fsp3) is 0.231. The topological polar surface area (TPSA) is 72.6 Å². The van der Waals surface area contributed by atoms with Gasteiger partial charge in [-0.2, -0.15) is 0 Å². The Bertz CT molecular complexity index is 589. The molecule has 1 fully saturated rings. The zero-order valence-electron chi connectivity index (χ0n) is 9.91. The van der Waals surface area contributed by atoms with Gasteiger partial charge in [-0.1, -0.05) is 17.3 Å².